The Kier molecular flexibility index (Phi) is 5.24. The van der Waals surface area contributed by atoms with Gasteiger partial charge in [-0.25, -0.2) is 0 Å². The molecule has 1 fully saturated rings. The summed E-state index contributed by atoms with van der Waals surface area (Å²) in [5, 5.41) is 11.2. The van der Waals surface area contributed by atoms with Crippen LogP contribution in [0.25, 0.3) is 0 Å². The zero-order chi connectivity index (χ0) is 15.5. The van der Waals surface area contributed by atoms with Crippen molar-refractivity contribution < 1.29 is 13.2 Å². The molecule has 0 radical (unpaired) electrons. The Morgan fingerprint density at radius 3 is 2.62 bits per heavy atom. The summed E-state index contributed by atoms with van der Waals surface area (Å²) >= 11 is 0. The van der Waals surface area contributed by atoms with E-state index < -0.39 is 18.1 Å². The van der Waals surface area contributed by atoms with E-state index >= 15 is 0 Å². The molecule has 0 bridgehead atoms. The number of aryl methyl sites for hydroxylation is 1. The lowest BCUT2D eigenvalue weighted by Gasteiger charge is -2.33. The standard InChI is InChI=1S/C14H23F3N4/c1-3-8-21-10(2)19-20-13(21)9-18-12-7-5-4-6-11(12)14(15,16)17/h11-12,18H,3-9H2,1-2H3/t11-,12-/m0/s1. The smallest absolute Gasteiger partial charge is 0.314 e. The molecule has 0 saturated heterocycles. The van der Waals surface area contributed by atoms with E-state index in [1.54, 1.807) is 0 Å². The van der Waals surface area contributed by atoms with E-state index in [-0.39, 0.29) is 6.42 Å². The van der Waals surface area contributed by atoms with Crippen LogP contribution in [-0.2, 0) is 13.1 Å². The Balaban J connectivity index is 2.01. The summed E-state index contributed by atoms with van der Waals surface area (Å²) in [6.45, 7) is 5.06. The highest BCUT2D eigenvalue weighted by atomic mass is 19.4. The summed E-state index contributed by atoms with van der Waals surface area (Å²) in [6, 6.07) is -0.508. The molecule has 1 aliphatic carbocycles. The van der Waals surface area contributed by atoms with Gasteiger partial charge in [0.05, 0.1) is 12.5 Å². The number of hydrogen-bond acceptors (Lipinski definition) is 3. The zero-order valence-corrected chi connectivity index (χ0v) is 12.6. The van der Waals surface area contributed by atoms with Crippen molar-refractivity contribution in [3.8, 4) is 0 Å². The minimum Gasteiger partial charge on any atom is -0.314 e. The van der Waals surface area contributed by atoms with E-state index in [1.807, 2.05) is 11.5 Å². The zero-order valence-electron chi connectivity index (χ0n) is 12.6. The van der Waals surface area contributed by atoms with Gasteiger partial charge in [-0.1, -0.05) is 19.8 Å². The predicted molar refractivity (Wildman–Crippen MR) is 73.7 cm³/mol. The van der Waals surface area contributed by atoms with Gasteiger partial charge in [-0.15, -0.1) is 10.2 Å². The Morgan fingerprint density at radius 1 is 1.24 bits per heavy atom. The van der Waals surface area contributed by atoms with E-state index in [1.165, 1.54) is 0 Å². The Hall–Kier alpha value is -1.11. The summed E-state index contributed by atoms with van der Waals surface area (Å²) in [6.07, 6.45) is -0.864. The number of aromatic nitrogens is 3. The molecule has 1 heterocycles. The maximum atomic E-state index is 13.0. The Bertz CT molecular complexity index is 456. The third kappa shape index (κ3) is 3.96. The first-order chi connectivity index (χ1) is 9.93. The molecule has 0 aromatic carbocycles. The molecule has 120 valence electrons. The van der Waals surface area contributed by atoms with E-state index in [0.717, 1.165) is 31.0 Å². The highest BCUT2D eigenvalue weighted by molar-refractivity contribution is 4.95. The molecule has 1 saturated carbocycles. The monoisotopic (exact) mass is 304 g/mol. The van der Waals surface area contributed by atoms with Crippen LogP contribution in [-0.4, -0.2) is 27.0 Å². The maximum Gasteiger partial charge on any atom is 0.393 e. The molecule has 2 atom stereocenters. The minimum absolute atomic E-state index is 0.224. The lowest BCUT2D eigenvalue weighted by Crippen LogP contribution is -2.45. The van der Waals surface area contributed by atoms with E-state index in [2.05, 4.69) is 22.4 Å². The highest BCUT2D eigenvalue weighted by Gasteiger charge is 2.45. The molecule has 1 N–H and O–H groups in total. The van der Waals surface area contributed by atoms with E-state index in [0.29, 0.717) is 19.4 Å². The molecule has 1 aromatic heterocycles. The topological polar surface area (TPSA) is 42.7 Å². The molecule has 7 heteroatoms. The van der Waals surface area contributed by atoms with Crippen molar-refractivity contribution in [3.05, 3.63) is 11.6 Å². The number of alkyl halides is 3. The molecule has 1 aliphatic rings. The first-order valence-corrected chi connectivity index (χ1v) is 7.62. The second kappa shape index (κ2) is 6.77. The van der Waals surface area contributed by atoms with Gasteiger partial charge in [-0.3, -0.25) is 0 Å². The van der Waals surface area contributed by atoms with Crippen LogP contribution < -0.4 is 5.32 Å². The highest BCUT2D eigenvalue weighted by Crippen LogP contribution is 2.37. The molecular formula is C14H23F3N4. The maximum absolute atomic E-state index is 13.0. The molecule has 2 rings (SSSR count). The normalized spacial score (nSPS) is 23.5. The molecule has 0 unspecified atom stereocenters. The number of rotatable bonds is 5. The van der Waals surface area contributed by atoms with Gasteiger partial charge in [0.15, 0.2) is 0 Å². The van der Waals surface area contributed by atoms with Crippen LogP contribution in [0.2, 0.25) is 0 Å². The molecule has 4 nitrogen and oxygen atoms in total. The quantitative estimate of drug-likeness (QED) is 0.908. The van der Waals surface area contributed by atoms with Crippen molar-refractivity contribution in [2.24, 2.45) is 5.92 Å². The number of halogens is 3. The summed E-state index contributed by atoms with van der Waals surface area (Å²) in [5.74, 6) is 0.292. The van der Waals surface area contributed by atoms with Crippen LogP contribution in [0.5, 0.6) is 0 Å². The summed E-state index contributed by atoms with van der Waals surface area (Å²) in [4.78, 5) is 0. The molecule has 0 aliphatic heterocycles. The lowest BCUT2D eigenvalue weighted by molar-refractivity contribution is -0.189. The largest absolute Gasteiger partial charge is 0.393 e. The number of hydrogen-bond donors (Lipinski definition) is 1. The molecule has 0 amide bonds. The van der Waals surface area contributed by atoms with Gasteiger partial charge < -0.3 is 9.88 Å². The van der Waals surface area contributed by atoms with Crippen molar-refractivity contribution in [2.45, 2.75) is 71.3 Å². The lowest BCUT2D eigenvalue weighted by atomic mass is 9.84. The van der Waals surface area contributed by atoms with Gasteiger partial charge in [-0.05, 0) is 26.2 Å². The van der Waals surface area contributed by atoms with Crippen LogP contribution in [0.3, 0.4) is 0 Å². The average molecular weight is 304 g/mol. The summed E-state index contributed by atoms with van der Waals surface area (Å²) in [7, 11) is 0. The Morgan fingerprint density at radius 2 is 1.95 bits per heavy atom. The minimum atomic E-state index is -4.12. The van der Waals surface area contributed by atoms with Gasteiger partial charge in [0.1, 0.15) is 11.6 Å². The second-order valence-corrected chi connectivity index (χ2v) is 5.74. The predicted octanol–water partition coefficient (Wildman–Crippen LogP) is 3.21. The Labute approximate surface area is 123 Å². The summed E-state index contributed by atoms with van der Waals surface area (Å²) < 4.78 is 41.1. The van der Waals surface area contributed by atoms with Crippen LogP contribution in [0.1, 0.15) is 50.7 Å². The average Bonchev–Trinajstić information content (AvgIpc) is 2.78. The van der Waals surface area contributed by atoms with Crippen molar-refractivity contribution in [1.29, 1.82) is 0 Å². The molecule has 21 heavy (non-hydrogen) atoms. The third-order valence-corrected chi connectivity index (χ3v) is 4.17. The van der Waals surface area contributed by atoms with Gasteiger partial charge >= 0.3 is 6.18 Å². The van der Waals surface area contributed by atoms with Crippen LogP contribution >= 0.6 is 0 Å². The third-order valence-electron chi connectivity index (χ3n) is 4.17. The SMILES string of the molecule is CCCn1c(C)nnc1CN[C@H]1CCCC[C@@H]1C(F)(F)F. The van der Waals surface area contributed by atoms with Crippen LogP contribution in [0.15, 0.2) is 0 Å². The van der Waals surface area contributed by atoms with Gasteiger partial charge in [0.2, 0.25) is 0 Å². The van der Waals surface area contributed by atoms with Gasteiger partial charge in [0.25, 0.3) is 0 Å². The number of nitrogens with zero attached hydrogens (tertiary/aromatic N) is 3. The second-order valence-electron chi connectivity index (χ2n) is 5.74. The first-order valence-electron chi connectivity index (χ1n) is 7.62. The first kappa shape index (κ1) is 16.3. The fraction of sp³-hybridized carbons (Fsp3) is 0.857. The number of nitrogens with one attached hydrogen (secondary N) is 1. The summed E-state index contributed by atoms with van der Waals surface area (Å²) in [5.41, 5.74) is 0. The molecular weight excluding hydrogens is 281 g/mol. The van der Waals surface area contributed by atoms with Crippen molar-refractivity contribution >= 4 is 0 Å². The van der Waals surface area contributed by atoms with Crippen molar-refractivity contribution in [1.82, 2.24) is 20.1 Å². The fourth-order valence-corrected chi connectivity index (χ4v) is 3.06. The van der Waals surface area contributed by atoms with Crippen LogP contribution in [0, 0.1) is 12.8 Å². The van der Waals surface area contributed by atoms with Gasteiger partial charge in [-0.2, -0.15) is 13.2 Å². The molecule has 1 aromatic rings. The fourth-order valence-electron chi connectivity index (χ4n) is 3.06. The van der Waals surface area contributed by atoms with E-state index in [9.17, 15) is 13.2 Å². The van der Waals surface area contributed by atoms with Crippen molar-refractivity contribution in [3.63, 3.8) is 0 Å². The molecule has 0 spiro atoms. The van der Waals surface area contributed by atoms with Gasteiger partial charge in [0, 0.05) is 12.6 Å². The van der Waals surface area contributed by atoms with E-state index in [4.69, 9.17) is 0 Å². The van der Waals surface area contributed by atoms with Crippen LogP contribution in [0.4, 0.5) is 13.2 Å². The van der Waals surface area contributed by atoms with Crippen molar-refractivity contribution in [2.75, 3.05) is 0 Å².